The third kappa shape index (κ3) is 3.26. The Hall–Kier alpha value is -0.940. The lowest BCUT2D eigenvalue weighted by atomic mass is 10.0. The molecule has 96 valence electrons. The van der Waals surface area contributed by atoms with E-state index in [9.17, 15) is 0 Å². The first-order chi connectivity index (χ1) is 8.16. The van der Waals surface area contributed by atoms with E-state index in [1.807, 2.05) is 17.8 Å². The molecule has 2 N–H and O–H groups in total. The third-order valence-electron chi connectivity index (χ3n) is 3.64. The number of hydrogen-bond donors (Lipinski definition) is 1. The Labute approximate surface area is 103 Å². The van der Waals surface area contributed by atoms with Crippen LogP contribution in [0.3, 0.4) is 0 Å². The molecule has 2 heterocycles. The van der Waals surface area contributed by atoms with Crippen molar-refractivity contribution in [1.29, 1.82) is 0 Å². The summed E-state index contributed by atoms with van der Waals surface area (Å²) < 4.78 is 1.92. The van der Waals surface area contributed by atoms with Gasteiger partial charge in [0.05, 0.1) is 11.9 Å². The Morgan fingerprint density at radius 2 is 2.35 bits per heavy atom. The first kappa shape index (κ1) is 12.5. The molecule has 0 aromatic carbocycles. The molecule has 1 aromatic rings. The van der Waals surface area contributed by atoms with Crippen molar-refractivity contribution in [3.8, 4) is 0 Å². The molecule has 0 amide bonds. The second-order valence-corrected chi connectivity index (χ2v) is 5.11. The van der Waals surface area contributed by atoms with Crippen molar-refractivity contribution in [2.24, 2.45) is 5.73 Å². The van der Waals surface area contributed by atoms with Crippen LogP contribution in [0, 0.1) is 0 Å². The first-order valence-electron chi connectivity index (χ1n) is 6.52. The quantitative estimate of drug-likeness (QED) is 0.854. The highest BCUT2D eigenvalue weighted by Crippen LogP contribution is 2.18. The van der Waals surface area contributed by atoms with E-state index >= 15 is 0 Å². The van der Waals surface area contributed by atoms with E-state index in [4.69, 9.17) is 5.73 Å². The maximum atomic E-state index is 5.76. The fraction of sp³-hybridized carbons (Fsp3) is 0.833. The van der Waals surface area contributed by atoms with Crippen molar-refractivity contribution in [2.45, 2.75) is 51.2 Å². The van der Waals surface area contributed by atoms with E-state index in [2.05, 4.69) is 22.3 Å². The molecule has 5 heteroatoms. The van der Waals surface area contributed by atoms with E-state index in [0.717, 1.165) is 18.7 Å². The molecule has 2 rings (SSSR count). The van der Waals surface area contributed by atoms with Crippen molar-refractivity contribution < 1.29 is 0 Å². The highest BCUT2D eigenvalue weighted by molar-refractivity contribution is 4.97. The van der Waals surface area contributed by atoms with Crippen LogP contribution in [-0.2, 0) is 6.54 Å². The summed E-state index contributed by atoms with van der Waals surface area (Å²) in [5.74, 6) is 0. The van der Waals surface area contributed by atoms with E-state index in [1.165, 1.54) is 25.8 Å². The molecule has 0 radical (unpaired) electrons. The van der Waals surface area contributed by atoms with Crippen molar-refractivity contribution >= 4 is 0 Å². The van der Waals surface area contributed by atoms with E-state index in [1.54, 1.807) is 0 Å². The minimum atomic E-state index is -0.0268. The van der Waals surface area contributed by atoms with Crippen LogP contribution in [0.1, 0.15) is 44.3 Å². The topological polar surface area (TPSA) is 60.0 Å². The zero-order valence-corrected chi connectivity index (χ0v) is 10.8. The van der Waals surface area contributed by atoms with Crippen LogP contribution in [0.5, 0.6) is 0 Å². The SMILES string of the molecule is CC(N)c1cn(CCC2CCCCN2C)nn1. The Balaban J connectivity index is 1.84. The molecule has 2 unspecified atom stereocenters. The van der Waals surface area contributed by atoms with Crippen LogP contribution in [0.15, 0.2) is 6.20 Å². The Bertz CT molecular complexity index is 346. The van der Waals surface area contributed by atoms with Crippen LogP contribution < -0.4 is 5.73 Å². The highest BCUT2D eigenvalue weighted by atomic mass is 15.4. The van der Waals surface area contributed by atoms with Crippen LogP contribution in [0.4, 0.5) is 0 Å². The highest BCUT2D eigenvalue weighted by Gasteiger charge is 2.18. The van der Waals surface area contributed by atoms with Crippen molar-refractivity contribution in [3.63, 3.8) is 0 Å². The standard InChI is InChI=1S/C12H23N5/c1-10(13)12-9-17(15-14-12)8-6-11-5-3-4-7-16(11)2/h9-11H,3-8,13H2,1-2H3. The average molecular weight is 237 g/mol. The van der Waals surface area contributed by atoms with Crippen molar-refractivity contribution in [1.82, 2.24) is 19.9 Å². The largest absolute Gasteiger partial charge is 0.323 e. The van der Waals surface area contributed by atoms with E-state index in [0.29, 0.717) is 6.04 Å². The summed E-state index contributed by atoms with van der Waals surface area (Å²) in [7, 11) is 2.22. The van der Waals surface area contributed by atoms with Gasteiger partial charge in [-0.15, -0.1) is 5.10 Å². The molecular weight excluding hydrogens is 214 g/mol. The maximum absolute atomic E-state index is 5.76. The Morgan fingerprint density at radius 3 is 3.00 bits per heavy atom. The van der Waals surface area contributed by atoms with Gasteiger partial charge in [0.25, 0.3) is 0 Å². The van der Waals surface area contributed by atoms with E-state index in [-0.39, 0.29) is 6.04 Å². The molecule has 1 aromatic heterocycles. The molecular formula is C12H23N5. The number of aromatic nitrogens is 3. The van der Waals surface area contributed by atoms with Gasteiger partial charge in [-0.3, -0.25) is 4.68 Å². The molecule has 0 bridgehead atoms. The van der Waals surface area contributed by atoms with Gasteiger partial charge in [0, 0.05) is 18.6 Å². The van der Waals surface area contributed by atoms with Crippen LogP contribution in [0.25, 0.3) is 0 Å². The summed E-state index contributed by atoms with van der Waals surface area (Å²) in [6, 6.07) is 0.674. The molecule has 2 atom stereocenters. The zero-order chi connectivity index (χ0) is 12.3. The summed E-state index contributed by atoms with van der Waals surface area (Å²) >= 11 is 0. The number of nitrogens with two attached hydrogens (primary N) is 1. The molecule has 0 saturated carbocycles. The number of likely N-dealkylation sites (tertiary alicyclic amines) is 1. The number of piperidine rings is 1. The number of rotatable bonds is 4. The van der Waals surface area contributed by atoms with Gasteiger partial charge in [0.2, 0.25) is 0 Å². The second-order valence-electron chi connectivity index (χ2n) is 5.11. The normalized spacial score (nSPS) is 23.8. The first-order valence-corrected chi connectivity index (χ1v) is 6.52. The smallest absolute Gasteiger partial charge is 0.0991 e. The lowest BCUT2D eigenvalue weighted by Gasteiger charge is -2.32. The summed E-state index contributed by atoms with van der Waals surface area (Å²) in [5, 5.41) is 8.19. The molecule has 1 aliphatic rings. The minimum Gasteiger partial charge on any atom is -0.323 e. The second kappa shape index (κ2) is 5.60. The Morgan fingerprint density at radius 1 is 1.53 bits per heavy atom. The maximum Gasteiger partial charge on any atom is 0.0991 e. The molecule has 5 nitrogen and oxygen atoms in total. The summed E-state index contributed by atoms with van der Waals surface area (Å²) in [5.41, 5.74) is 6.64. The minimum absolute atomic E-state index is 0.0268. The molecule has 0 spiro atoms. The van der Waals surface area contributed by atoms with Gasteiger partial charge in [-0.05, 0) is 39.8 Å². The van der Waals surface area contributed by atoms with Crippen LogP contribution >= 0.6 is 0 Å². The van der Waals surface area contributed by atoms with Crippen LogP contribution in [0.2, 0.25) is 0 Å². The summed E-state index contributed by atoms with van der Waals surface area (Å²) in [6.45, 7) is 4.10. The molecule has 17 heavy (non-hydrogen) atoms. The van der Waals surface area contributed by atoms with Crippen molar-refractivity contribution in [2.75, 3.05) is 13.6 Å². The Kier molecular flexibility index (Phi) is 4.12. The number of hydrogen-bond acceptors (Lipinski definition) is 4. The lowest BCUT2D eigenvalue weighted by molar-refractivity contribution is 0.169. The summed E-state index contributed by atoms with van der Waals surface area (Å²) in [6.07, 6.45) is 7.12. The van der Waals surface area contributed by atoms with E-state index < -0.39 is 0 Å². The van der Waals surface area contributed by atoms with Crippen molar-refractivity contribution in [3.05, 3.63) is 11.9 Å². The van der Waals surface area contributed by atoms with Gasteiger partial charge in [-0.25, -0.2) is 0 Å². The number of aryl methyl sites for hydroxylation is 1. The monoisotopic (exact) mass is 237 g/mol. The third-order valence-corrected chi connectivity index (χ3v) is 3.64. The fourth-order valence-electron chi connectivity index (χ4n) is 2.42. The zero-order valence-electron chi connectivity index (χ0n) is 10.8. The fourth-order valence-corrected chi connectivity index (χ4v) is 2.42. The number of nitrogens with zero attached hydrogens (tertiary/aromatic N) is 4. The van der Waals surface area contributed by atoms with Gasteiger partial charge in [0.1, 0.15) is 0 Å². The molecule has 0 aliphatic carbocycles. The molecule has 1 saturated heterocycles. The van der Waals surface area contributed by atoms with Gasteiger partial charge in [0.15, 0.2) is 0 Å². The predicted octanol–water partition coefficient (Wildman–Crippen LogP) is 1.17. The predicted molar refractivity (Wildman–Crippen MR) is 67.5 cm³/mol. The van der Waals surface area contributed by atoms with Gasteiger partial charge < -0.3 is 10.6 Å². The molecule has 1 fully saturated rings. The van der Waals surface area contributed by atoms with Gasteiger partial charge in [-0.1, -0.05) is 11.6 Å². The summed E-state index contributed by atoms with van der Waals surface area (Å²) in [4.78, 5) is 2.47. The van der Waals surface area contributed by atoms with Gasteiger partial charge in [-0.2, -0.15) is 0 Å². The van der Waals surface area contributed by atoms with Gasteiger partial charge >= 0.3 is 0 Å². The van der Waals surface area contributed by atoms with Crippen LogP contribution in [-0.4, -0.2) is 39.5 Å². The molecule has 1 aliphatic heterocycles. The lowest BCUT2D eigenvalue weighted by Crippen LogP contribution is -2.36. The average Bonchev–Trinajstić information content (AvgIpc) is 2.77.